The van der Waals surface area contributed by atoms with E-state index in [1.54, 1.807) is 30.3 Å². The number of hydrogen-bond acceptors (Lipinski definition) is 3. The van der Waals surface area contributed by atoms with Crippen LogP contribution in [0, 0.1) is 0 Å². The lowest BCUT2D eigenvalue weighted by molar-refractivity contribution is -0.137. The summed E-state index contributed by atoms with van der Waals surface area (Å²) in [4.78, 5) is 16.0. The van der Waals surface area contributed by atoms with Crippen molar-refractivity contribution in [2.75, 3.05) is 4.90 Å². The number of phenols is 1. The molecule has 0 fully saturated rings. The Balaban J connectivity index is 1.63. The number of benzene rings is 3. The van der Waals surface area contributed by atoms with Crippen molar-refractivity contribution in [1.82, 2.24) is 0 Å². The summed E-state index contributed by atoms with van der Waals surface area (Å²) in [5, 5.41) is 9.64. The lowest BCUT2D eigenvalue weighted by Crippen LogP contribution is -2.23. The molecule has 3 aromatic carbocycles. The van der Waals surface area contributed by atoms with Crippen LogP contribution in [0.25, 0.3) is 0 Å². The van der Waals surface area contributed by atoms with Gasteiger partial charge in [-0.3, -0.25) is 4.79 Å². The van der Waals surface area contributed by atoms with Gasteiger partial charge >= 0.3 is 6.18 Å². The summed E-state index contributed by atoms with van der Waals surface area (Å²) < 4.78 is 38.3. The molecule has 0 aromatic heterocycles. The molecule has 1 aliphatic heterocycles. The van der Waals surface area contributed by atoms with Gasteiger partial charge in [-0.1, -0.05) is 23.9 Å². The molecule has 4 rings (SSSR count). The van der Waals surface area contributed by atoms with Crippen molar-refractivity contribution in [3.05, 3.63) is 83.4 Å². The lowest BCUT2D eigenvalue weighted by atomic mass is 10.1. The average molecular weight is 401 g/mol. The van der Waals surface area contributed by atoms with E-state index in [9.17, 15) is 23.1 Å². The standard InChI is InChI=1S/C21H14F3NO2S/c22-21(23,24)13-7-9-14(10-8-13)25-12-18-17(20(25)27)5-2-6-19(18)28-16-4-1-3-15(26)11-16/h1-11,26H,12H2. The van der Waals surface area contributed by atoms with E-state index in [1.165, 1.54) is 28.8 Å². The number of carbonyl (C=O) groups is 1. The topological polar surface area (TPSA) is 40.5 Å². The first-order chi connectivity index (χ1) is 13.3. The third-order valence-electron chi connectivity index (χ3n) is 4.48. The Labute approximate surface area is 163 Å². The molecule has 1 heterocycles. The Kier molecular flexibility index (Phi) is 4.55. The molecule has 1 aliphatic rings. The summed E-state index contributed by atoms with van der Waals surface area (Å²) in [6, 6.07) is 16.8. The number of carbonyl (C=O) groups excluding carboxylic acids is 1. The molecule has 0 spiro atoms. The molecule has 0 bridgehead atoms. The molecular formula is C21H14F3NO2S. The van der Waals surface area contributed by atoms with Gasteiger partial charge in [-0.05, 0) is 60.2 Å². The van der Waals surface area contributed by atoms with Crippen molar-refractivity contribution in [3.63, 3.8) is 0 Å². The maximum atomic E-state index is 12.8. The Morgan fingerprint density at radius 2 is 1.68 bits per heavy atom. The molecule has 28 heavy (non-hydrogen) atoms. The van der Waals surface area contributed by atoms with Crippen LogP contribution in [0.4, 0.5) is 18.9 Å². The zero-order valence-corrected chi connectivity index (χ0v) is 15.2. The van der Waals surface area contributed by atoms with Crippen molar-refractivity contribution >= 4 is 23.4 Å². The minimum Gasteiger partial charge on any atom is -0.508 e. The van der Waals surface area contributed by atoms with Gasteiger partial charge in [-0.15, -0.1) is 0 Å². The number of anilines is 1. The normalized spacial score (nSPS) is 13.7. The van der Waals surface area contributed by atoms with E-state index in [0.717, 1.165) is 27.5 Å². The molecule has 0 atom stereocenters. The number of rotatable bonds is 3. The number of halogens is 3. The summed E-state index contributed by atoms with van der Waals surface area (Å²) >= 11 is 1.42. The molecule has 3 nitrogen and oxygen atoms in total. The van der Waals surface area contributed by atoms with Gasteiger partial charge in [-0.25, -0.2) is 0 Å². The minimum atomic E-state index is -4.42. The third kappa shape index (κ3) is 3.45. The van der Waals surface area contributed by atoms with E-state index in [-0.39, 0.29) is 18.2 Å². The fourth-order valence-electron chi connectivity index (χ4n) is 3.11. The van der Waals surface area contributed by atoms with Crippen LogP contribution in [0.5, 0.6) is 5.75 Å². The summed E-state index contributed by atoms with van der Waals surface area (Å²) in [5.74, 6) is -0.0897. The summed E-state index contributed by atoms with van der Waals surface area (Å²) in [6.45, 7) is 0.279. The fraction of sp³-hybridized carbons (Fsp3) is 0.0952. The Hall–Kier alpha value is -2.93. The van der Waals surface area contributed by atoms with Gasteiger partial charge in [0.1, 0.15) is 5.75 Å². The van der Waals surface area contributed by atoms with Crippen molar-refractivity contribution in [2.24, 2.45) is 0 Å². The monoisotopic (exact) mass is 401 g/mol. The highest BCUT2D eigenvalue weighted by molar-refractivity contribution is 7.99. The second-order valence-electron chi connectivity index (χ2n) is 6.32. The number of alkyl halides is 3. The molecule has 0 saturated carbocycles. The van der Waals surface area contributed by atoms with Crippen molar-refractivity contribution in [1.29, 1.82) is 0 Å². The number of amides is 1. The van der Waals surface area contributed by atoms with Crippen LogP contribution in [0.3, 0.4) is 0 Å². The van der Waals surface area contributed by atoms with E-state index < -0.39 is 11.7 Å². The van der Waals surface area contributed by atoms with Gasteiger partial charge < -0.3 is 10.0 Å². The summed E-state index contributed by atoms with van der Waals surface area (Å²) in [7, 11) is 0. The van der Waals surface area contributed by atoms with Crippen LogP contribution < -0.4 is 4.90 Å². The molecule has 3 aromatic rings. The van der Waals surface area contributed by atoms with Crippen LogP contribution >= 0.6 is 11.8 Å². The molecule has 0 radical (unpaired) electrons. The van der Waals surface area contributed by atoms with E-state index in [1.807, 2.05) is 12.1 Å². The Morgan fingerprint density at radius 1 is 0.964 bits per heavy atom. The highest BCUT2D eigenvalue weighted by Crippen LogP contribution is 2.39. The molecule has 0 saturated heterocycles. The zero-order chi connectivity index (χ0) is 19.9. The minimum absolute atomic E-state index is 0.153. The number of phenolic OH excluding ortho intramolecular Hbond substituents is 1. The number of aromatic hydroxyl groups is 1. The van der Waals surface area contributed by atoms with Crippen LogP contribution in [-0.4, -0.2) is 11.0 Å². The second-order valence-corrected chi connectivity index (χ2v) is 7.43. The van der Waals surface area contributed by atoms with E-state index in [4.69, 9.17) is 0 Å². The van der Waals surface area contributed by atoms with Crippen molar-refractivity contribution < 1.29 is 23.1 Å². The molecule has 142 valence electrons. The van der Waals surface area contributed by atoms with Crippen LogP contribution in [-0.2, 0) is 12.7 Å². The van der Waals surface area contributed by atoms with Gasteiger partial charge in [0.25, 0.3) is 5.91 Å². The van der Waals surface area contributed by atoms with E-state index in [2.05, 4.69) is 0 Å². The Morgan fingerprint density at radius 3 is 2.36 bits per heavy atom. The van der Waals surface area contributed by atoms with Crippen LogP contribution in [0.15, 0.2) is 76.5 Å². The second kappa shape index (κ2) is 6.91. The number of nitrogens with zero attached hydrogens (tertiary/aromatic N) is 1. The third-order valence-corrected chi connectivity index (χ3v) is 5.57. The molecule has 0 aliphatic carbocycles. The first-order valence-electron chi connectivity index (χ1n) is 8.41. The Bertz CT molecular complexity index is 1050. The fourth-order valence-corrected chi connectivity index (χ4v) is 4.14. The highest BCUT2D eigenvalue weighted by Gasteiger charge is 2.33. The molecule has 7 heteroatoms. The SMILES string of the molecule is O=C1c2cccc(Sc3cccc(O)c3)c2CN1c1ccc(C(F)(F)F)cc1. The van der Waals surface area contributed by atoms with Crippen molar-refractivity contribution in [2.45, 2.75) is 22.5 Å². The van der Waals surface area contributed by atoms with E-state index >= 15 is 0 Å². The van der Waals surface area contributed by atoms with Gasteiger partial charge in [0.15, 0.2) is 0 Å². The maximum absolute atomic E-state index is 12.8. The van der Waals surface area contributed by atoms with E-state index in [0.29, 0.717) is 11.3 Å². The van der Waals surface area contributed by atoms with Gasteiger partial charge in [0.2, 0.25) is 0 Å². The molecule has 1 amide bonds. The van der Waals surface area contributed by atoms with Gasteiger partial charge in [0.05, 0.1) is 12.1 Å². The van der Waals surface area contributed by atoms with Crippen LogP contribution in [0.2, 0.25) is 0 Å². The maximum Gasteiger partial charge on any atom is 0.416 e. The molecule has 1 N–H and O–H groups in total. The van der Waals surface area contributed by atoms with Crippen molar-refractivity contribution in [3.8, 4) is 5.75 Å². The molecule has 0 unspecified atom stereocenters. The highest BCUT2D eigenvalue weighted by atomic mass is 32.2. The summed E-state index contributed by atoms with van der Waals surface area (Å²) in [6.07, 6.45) is -4.42. The predicted molar refractivity (Wildman–Crippen MR) is 101 cm³/mol. The van der Waals surface area contributed by atoms with Crippen LogP contribution in [0.1, 0.15) is 21.5 Å². The first-order valence-corrected chi connectivity index (χ1v) is 9.22. The summed E-state index contributed by atoms with van der Waals surface area (Å²) in [5.41, 5.74) is 1.02. The largest absolute Gasteiger partial charge is 0.508 e. The average Bonchev–Trinajstić information content (AvgIpc) is 2.99. The zero-order valence-electron chi connectivity index (χ0n) is 14.4. The first kappa shape index (κ1) is 18.4. The number of fused-ring (bicyclic) bond motifs is 1. The smallest absolute Gasteiger partial charge is 0.416 e. The predicted octanol–water partition coefficient (Wildman–Crippen LogP) is 5.72. The number of hydrogen-bond donors (Lipinski definition) is 1. The quantitative estimate of drug-likeness (QED) is 0.610. The van der Waals surface area contributed by atoms with Gasteiger partial charge in [0, 0.05) is 21.0 Å². The lowest BCUT2D eigenvalue weighted by Gasteiger charge is -2.17. The van der Waals surface area contributed by atoms with Gasteiger partial charge in [-0.2, -0.15) is 13.2 Å². The molecular weight excluding hydrogens is 387 g/mol.